The number of hydrogen-bond donors (Lipinski definition) is 0. The van der Waals surface area contributed by atoms with Crippen molar-refractivity contribution in [2.45, 2.75) is 6.42 Å². The molecule has 0 saturated carbocycles. The Balaban J connectivity index is 1.55. The molecule has 0 fully saturated rings. The summed E-state index contributed by atoms with van der Waals surface area (Å²) < 4.78 is 6.01. The fourth-order valence-electron chi connectivity index (χ4n) is 4.52. The van der Waals surface area contributed by atoms with Crippen molar-refractivity contribution in [1.82, 2.24) is 4.98 Å². The first-order valence-corrected chi connectivity index (χ1v) is 10.8. The molecule has 1 aliphatic carbocycles. The van der Waals surface area contributed by atoms with Crippen molar-refractivity contribution in [2.75, 3.05) is 0 Å². The van der Waals surface area contributed by atoms with Crippen LogP contribution in [0.5, 0.6) is 0 Å². The molecule has 32 heavy (non-hydrogen) atoms. The van der Waals surface area contributed by atoms with Crippen LogP contribution < -0.4 is 0 Å². The molecule has 2 nitrogen and oxygen atoms in total. The Bertz CT molecular complexity index is 1560. The number of pyridine rings is 1. The number of rotatable bonds is 1. The van der Waals surface area contributed by atoms with Crippen LogP contribution in [0.25, 0.3) is 49.8 Å². The fraction of sp³-hybridized carbons (Fsp3) is 0.0333. The third-order valence-corrected chi connectivity index (χ3v) is 6.15. The lowest BCUT2D eigenvalue weighted by Gasteiger charge is -2.16. The van der Waals surface area contributed by atoms with E-state index in [0.717, 1.165) is 50.6 Å². The molecule has 0 atom stereocenters. The van der Waals surface area contributed by atoms with Crippen molar-refractivity contribution in [2.24, 2.45) is 0 Å². The monoisotopic (exact) mass is 411 g/mol. The molecular formula is C30H21NO. The van der Waals surface area contributed by atoms with Crippen LogP contribution in [0.2, 0.25) is 0 Å². The van der Waals surface area contributed by atoms with Gasteiger partial charge in [0.05, 0.1) is 0 Å². The zero-order chi connectivity index (χ0) is 21.5. The lowest BCUT2D eigenvalue weighted by atomic mass is 9.88. The molecule has 0 aliphatic heterocycles. The first kappa shape index (κ1) is 18.6. The van der Waals surface area contributed by atoms with E-state index in [9.17, 15) is 0 Å². The second kappa shape index (κ2) is 7.51. The summed E-state index contributed by atoms with van der Waals surface area (Å²) in [7, 11) is 0. The molecule has 2 heteroatoms. The Morgan fingerprint density at radius 3 is 2.56 bits per heavy atom. The van der Waals surface area contributed by atoms with Crippen molar-refractivity contribution >= 4 is 27.5 Å². The number of benzene rings is 3. The fourth-order valence-corrected chi connectivity index (χ4v) is 4.52. The zero-order valence-electron chi connectivity index (χ0n) is 17.6. The summed E-state index contributed by atoms with van der Waals surface area (Å²) in [6.07, 6.45) is 13.1. The Kier molecular flexibility index (Phi) is 4.36. The Morgan fingerprint density at radius 1 is 0.750 bits per heavy atom. The van der Waals surface area contributed by atoms with Gasteiger partial charge in [-0.1, -0.05) is 67.3 Å². The summed E-state index contributed by atoms with van der Waals surface area (Å²) in [4.78, 5) is 4.35. The normalized spacial score (nSPS) is 15.3. The van der Waals surface area contributed by atoms with Gasteiger partial charge in [-0.15, -0.1) is 0 Å². The lowest BCUT2D eigenvalue weighted by molar-refractivity contribution is 0.669. The maximum absolute atomic E-state index is 6.01. The van der Waals surface area contributed by atoms with E-state index in [2.05, 4.69) is 90.5 Å². The molecule has 5 aromatic rings. The van der Waals surface area contributed by atoms with Crippen LogP contribution in [-0.4, -0.2) is 4.98 Å². The van der Waals surface area contributed by atoms with E-state index in [1.807, 2.05) is 24.5 Å². The summed E-state index contributed by atoms with van der Waals surface area (Å²) in [5, 5.41) is 2.28. The van der Waals surface area contributed by atoms with Crippen LogP contribution in [-0.2, 0) is 6.42 Å². The SMILES string of the molecule is C=C1/C=C\C=C/Cc2cnccc2-c2ccc(-c3ccc4oc5ccccc5c4c3)cc21. The molecule has 0 amide bonds. The molecule has 2 heterocycles. The third-order valence-electron chi connectivity index (χ3n) is 6.15. The number of para-hydroxylation sites is 1. The van der Waals surface area contributed by atoms with Crippen LogP contribution in [0.15, 0.2) is 114 Å². The van der Waals surface area contributed by atoms with Gasteiger partial charge < -0.3 is 4.42 Å². The Labute approximate surface area is 186 Å². The topological polar surface area (TPSA) is 26.0 Å². The molecule has 2 aromatic heterocycles. The van der Waals surface area contributed by atoms with Crippen molar-refractivity contribution < 1.29 is 4.42 Å². The number of fused-ring (bicyclic) bond motifs is 6. The molecule has 3 aromatic carbocycles. The van der Waals surface area contributed by atoms with E-state index in [0.29, 0.717) is 0 Å². The zero-order valence-corrected chi connectivity index (χ0v) is 17.6. The number of hydrogen-bond acceptors (Lipinski definition) is 2. The van der Waals surface area contributed by atoms with Crippen molar-refractivity contribution in [3.8, 4) is 22.3 Å². The predicted octanol–water partition coefficient (Wildman–Crippen LogP) is 8.00. The van der Waals surface area contributed by atoms with Crippen molar-refractivity contribution in [3.05, 3.63) is 121 Å². The minimum atomic E-state index is 0.853. The molecule has 0 N–H and O–H groups in total. The molecule has 6 rings (SSSR count). The summed E-state index contributed by atoms with van der Waals surface area (Å²) in [6.45, 7) is 4.37. The van der Waals surface area contributed by atoms with Gasteiger partial charge in [-0.25, -0.2) is 0 Å². The minimum Gasteiger partial charge on any atom is -0.456 e. The maximum Gasteiger partial charge on any atom is 0.135 e. The van der Waals surface area contributed by atoms with E-state index in [-0.39, 0.29) is 0 Å². The Hall–Kier alpha value is -4.17. The molecular weight excluding hydrogens is 390 g/mol. The van der Waals surface area contributed by atoms with Crippen LogP contribution in [0, 0.1) is 0 Å². The summed E-state index contributed by atoms with van der Waals surface area (Å²) in [5.74, 6) is 0. The molecule has 1 aliphatic rings. The predicted molar refractivity (Wildman–Crippen MR) is 133 cm³/mol. The van der Waals surface area contributed by atoms with Gasteiger partial charge in [-0.05, 0) is 75.7 Å². The highest BCUT2D eigenvalue weighted by molar-refractivity contribution is 6.06. The van der Waals surface area contributed by atoms with Gasteiger partial charge >= 0.3 is 0 Å². The van der Waals surface area contributed by atoms with E-state index >= 15 is 0 Å². The van der Waals surface area contributed by atoms with Gasteiger partial charge in [-0.3, -0.25) is 4.98 Å². The van der Waals surface area contributed by atoms with Gasteiger partial charge in [0.1, 0.15) is 11.2 Å². The highest BCUT2D eigenvalue weighted by atomic mass is 16.3. The number of allylic oxidation sites excluding steroid dienone is 5. The van der Waals surface area contributed by atoms with Gasteiger partial charge in [0.15, 0.2) is 0 Å². The number of furan rings is 1. The first-order chi connectivity index (χ1) is 15.8. The summed E-state index contributed by atoms with van der Waals surface area (Å²) in [6, 6.07) is 23.4. The maximum atomic E-state index is 6.01. The average molecular weight is 412 g/mol. The van der Waals surface area contributed by atoms with Crippen molar-refractivity contribution in [1.29, 1.82) is 0 Å². The summed E-state index contributed by atoms with van der Waals surface area (Å²) >= 11 is 0. The smallest absolute Gasteiger partial charge is 0.135 e. The lowest BCUT2D eigenvalue weighted by Crippen LogP contribution is -1.95. The second-order valence-electron chi connectivity index (χ2n) is 8.12. The first-order valence-electron chi connectivity index (χ1n) is 10.8. The van der Waals surface area contributed by atoms with Crippen LogP contribution in [0.1, 0.15) is 11.1 Å². The largest absolute Gasteiger partial charge is 0.456 e. The molecule has 0 bridgehead atoms. The van der Waals surface area contributed by atoms with Gasteiger partial charge in [-0.2, -0.15) is 0 Å². The van der Waals surface area contributed by atoms with E-state index in [1.54, 1.807) is 0 Å². The average Bonchev–Trinajstić information content (AvgIpc) is 3.21. The quantitative estimate of drug-likeness (QED) is 0.279. The molecule has 0 spiro atoms. The molecule has 0 saturated heterocycles. The van der Waals surface area contributed by atoms with Crippen LogP contribution in [0.4, 0.5) is 0 Å². The Morgan fingerprint density at radius 2 is 1.59 bits per heavy atom. The molecule has 0 unspecified atom stereocenters. The van der Waals surface area contributed by atoms with Crippen LogP contribution in [0.3, 0.4) is 0 Å². The van der Waals surface area contributed by atoms with E-state index in [4.69, 9.17) is 4.42 Å². The van der Waals surface area contributed by atoms with Gasteiger partial charge in [0.2, 0.25) is 0 Å². The standard InChI is InChI=1S/C30H21NO/c1-20-7-3-2-4-8-23-19-31-16-15-24(23)25-13-11-21(17-27(20)25)22-12-14-30-28(18-22)26-9-5-6-10-29(26)32-30/h2-7,9-19H,1,8H2/b4-2-,7-3-. The van der Waals surface area contributed by atoms with Gasteiger partial charge in [0.25, 0.3) is 0 Å². The van der Waals surface area contributed by atoms with Crippen LogP contribution >= 0.6 is 0 Å². The van der Waals surface area contributed by atoms with Crippen molar-refractivity contribution in [3.63, 3.8) is 0 Å². The minimum absolute atomic E-state index is 0.853. The van der Waals surface area contributed by atoms with Gasteiger partial charge in [0, 0.05) is 23.2 Å². The van der Waals surface area contributed by atoms with E-state index in [1.165, 1.54) is 16.7 Å². The number of nitrogens with zero attached hydrogens (tertiary/aromatic N) is 1. The highest BCUT2D eigenvalue weighted by Crippen LogP contribution is 2.37. The van der Waals surface area contributed by atoms with E-state index < -0.39 is 0 Å². The summed E-state index contributed by atoms with van der Waals surface area (Å²) in [5.41, 5.74) is 9.89. The highest BCUT2D eigenvalue weighted by Gasteiger charge is 2.14. The second-order valence-corrected chi connectivity index (χ2v) is 8.12. The number of aromatic nitrogens is 1. The third kappa shape index (κ3) is 3.09. The molecule has 0 radical (unpaired) electrons. The molecule has 152 valence electrons.